The van der Waals surface area contributed by atoms with Crippen LogP contribution in [-0.4, -0.2) is 38.7 Å². The molecular formula is C20H20N6O. The highest BCUT2D eigenvalue weighted by atomic mass is 16.2. The summed E-state index contributed by atoms with van der Waals surface area (Å²) >= 11 is 0. The van der Waals surface area contributed by atoms with Gasteiger partial charge in [0, 0.05) is 30.5 Å². The molecule has 0 aromatic carbocycles. The molecule has 5 heterocycles. The summed E-state index contributed by atoms with van der Waals surface area (Å²) in [5.41, 5.74) is 4.01. The summed E-state index contributed by atoms with van der Waals surface area (Å²) in [4.78, 5) is 25.6. The largest absolute Gasteiger partial charge is 0.357 e. The van der Waals surface area contributed by atoms with E-state index in [0.29, 0.717) is 12.2 Å². The summed E-state index contributed by atoms with van der Waals surface area (Å²) in [6, 6.07) is 7.86. The Morgan fingerprint density at radius 3 is 2.41 bits per heavy atom. The molecule has 3 aromatic rings. The van der Waals surface area contributed by atoms with Crippen molar-refractivity contribution in [3.8, 4) is 5.69 Å². The van der Waals surface area contributed by atoms with E-state index in [1.807, 2.05) is 43.6 Å². The van der Waals surface area contributed by atoms with Gasteiger partial charge in [-0.05, 0) is 44.0 Å². The number of anilines is 2. The second-order valence-corrected chi connectivity index (χ2v) is 7.07. The van der Waals surface area contributed by atoms with Crippen molar-refractivity contribution in [3.63, 3.8) is 0 Å². The minimum atomic E-state index is -0.0870. The van der Waals surface area contributed by atoms with Gasteiger partial charge >= 0.3 is 0 Å². The van der Waals surface area contributed by atoms with Gasteiger partial charge in [-0.1, -0.05) is 0 Å². The van der Waals surface area contributed by atoms with Crippen molar-refractivity contribution in [1.82, 2.24) is 19.7 Å². The van der Waals surface area contributed by atoms with Crippen LogP contribution in [0.25, 0.3) is 5.69 Å². The number of aryl methyl sites for hydroxylation is 1. The van der Waals surface area contributed by atoms with Gasteiger partial charge in [-0.25, -0.2) is 9.67 Å². The van der Waals surface area contributed by atoms with Gasteiger partial charge in [-0.15, -0.1) is 0 Å². The number of rotatable bonds is 3. The lowest BCUT2D eigenvalue weighted by molar-refractivity contribution is 0.0991. The Bertz CT molecular complexity index is 986. The molecule has 0 N–H and O–H groups in total. The van der Waals surface area contributed by atoms with E-state index in [2.05, 4.69) is 20.0 Å². The molecule has 0 radical (unpaired) electrons. The first-order valence-electron chi connectivity index (χ1n) is 9.23. The Morgan fingerprint density at radius 2 is 1.74 bits per heavy atom. The van der Waals surface area contributed by atoms with Crippen LogP contribution in [0.5, 0.6) is 0 Å². The third-order valence-electron chi connectivity index (χ3n) is 5.20. The number of hydrogen-bond donors (Lipinski definition) is 0. The molecule has 7 nitrogen and oxygen atoms in total. The molecule has 0 spiro atoms. The van der Waals surface area contributed by atoms with E-state index in [0.717, 1.165) is 41.5 Å². The second kappa shape index (κ2) is 6.19. The van der Waals surface area contributed by atoms with Gasteiger partial charge in [0.05, 0.1) is 30.3 Å². The van der Waals surface area contributed by atoms with Crippen LogP contribution >= 0.6 is 0 Å². The molecule has 2 aliphatic rings. The van der Waals surface area contributed by atoms with Gasteiger partial charge in [0.15, 0.2) is 5.69 Å². The van der Waals surface area contributed by atoms with Crippen LogP contribution in [0.2, 0.25) is 0 Å². The van der Waals surface area contributed by atoms with Crippen molar-refractivity contribution >= 4 is 17.4 Å². The van der Waals surface area contributed by atoms with E-state index in [1.165, 1.54) is 12.8 Å². The van der Waals surface area contributed by atoms with Gasteiger partial charge in [0.25, 0.3) is 5.91 Å². The topological polar surface area (TPSA) is 67.2 Å². The predicted molar refractivity (Wildman–Crippen MR) is 102 cm³/mol. The molecule has 0 aliphatic carbocycles. The molecule has 2 aliphatic heterocycles. The molecule has 0 unspecified atom stereocenters. The lowest BCUT2D eigenvalue weighted by Gasteiger charge is -2.16. The first-order valence-corrected chi connectivity index (χ1v) is 9.23. The molecule has 3 aromatic heterocycles. The predicted octanol–water partition coefficient (Wildman–Crippen LogP) is 2.73. The molecule has 1 saturated heterocycles. The SMILES string of the molecule is Cc1ccc(N2Cc3cn(-c4ccc(N5CCCC5)nc4)nc3C2=O)cn1. The normalized spacial score (nSPS) is 16.3. The van der Waals surface area contributed by atoms with E-state index in [4.69, 9.17) is 0 Å². The lowest BCUT2D eigenvalue weighted by Crippen LogP contribution is -2.24. The van der Waals surface area contributed by atoms with Crippen LogP contribution in [0, 0.1) is 6.92 Å². The monoisotopic (exact) mass is 360 g/mol. The molecular weight excluding hydrogens is 340 g/mol. The third-order valence-corrected chi connectivity index (χ3v) is 5.20. The number of fused-ring (bicyclic) bond motifs is 1. The van der Waals surface area contributed by atoms with Gasteiger partial charge in [-0.3, -0.25) is 9.78 Å². The van der Waals surface area contributed by atoms with Crippen molar-refractivity contribution in [2.45, 2.75) is 26.3 Å². The summed E-state index contributed by atoms with van der Waals surface area (Å²) in [5, 5.41) is 4.51. The Kier molecular flexibility index (Phi) is 3.67. The zero-order chi connectivity index (χ0) is 18.4. The summed E-state index contributed by atoms with van der Waals surface area (Å²) in [5.74, 6) is 0.918. The van der Waals surface area contributed by atoms with E-state index in [-0.39, 0.29) is 5.91 Å². The fourth-order valence-corrected chi connectivity index (χ4v) is 3.68. The molecule has 27 heavy (non-hydrogen) atoms. The third kappa shape index (κ3) is 2.75. The van der Waals surface area contributed by atoms with Gasteiger partial charge in [0.2, 0.25) is 0 Å². The zero-order valence-electron chi connectivity index (χ0n) is 15.2. The zero-order valence-corrected chi connectivity index (χ0v) is 15.2. The number of nitrogens with zero attached hydrogens (tertiary/aromatic N) is 6. The van der Waals surface area contributed by atoms with Crippen LogP contribution in [0.15, 0.2) is 42.9 Å². The molecule has 0 saturated carbocycles. The number of amides is 1. The number of aromatic nitrogens is 4. The van der Waals surface area contributed by atoms with Gasteiger partial charge < -0.3 is 9.80 Å². The van der Waals surface area contributed by atoms with E-state index in [1.54, 1.807) is 15.8 Å². The summed E-state index contributed by atoms with van der Waals surface area (Å²) in [7, 11) is 0. The lowest BCUT2D eigenvalue weighted by atomic mass is 10.3. The van der Waals surface area contributed by atoms with Crippen molar-refractivity contribution in [2.75, 3.05) is 22.9 Å². The van der Waals surface area contributed by atoms with Gasteiger partial charge in [0.1, 0.15) is 5.82 Å². The minimum absolute atomic E-state index is 0.0870. The van der Waals surface area contributed by atoms with Crippen LogP contribution in [0.3, 0.4) is 0 Å². The quantitative estimate of drug-likeness (QED) is 0.718. The maximum atomic E-state index is 12.8. The maximum Gasteiger partial charge on any atom is 0.279 e. The van der Waals surface area contributed by atoms with Gasteiger partial charge in [-0.2, -0.15) is 5.10 Å². The molecule has 7 heteroatoms. The fourth-order valence-electron chi connectivity index (χ4n) is 3.68. The average molecular weight is 360 g/mol. The number of pyridine rings is 2. The minimum Gasteiger partial charge on any atom is -0.357 e. The van der Waals surface area contributed by atoms with Crippen molar-refractivity contribution < 1.29 is 4.79 Å². The van der Waals surface area contributed by atoms with Crippen molar-refractivity contribution in [2.24, 2.45) is 0 Å². The summed E-state index contributed by atoms with van der Waals surface area (Å²) in [6.07, 6.45) is 7.92. The van der Waals surface area contributed by atoms with Crippen molar-refractivity contribution in [1.29, 1.82) is 0 Å². The molecule has 0 bridgehead atoms. The van der Waals surface area contributed by atoms with Crippen LogP contribution in [0.1, 0.15) is 34.6 Å². The van der Waals surface area contributed by atoms with E-state index in [9.17, 15) is 4.79 Å². The number of carbonyl (C=O) groups is 1. The smallest absolute Gasteiger partial charge is 0.279 e. The van der Waals surface area contributed by atoms with E-state index >= 15 is 0 Å². The van der Waals surface area contributed by atoms with Crippen LogP contribution < -0.4 is 9.80 Å². The standard InChI is InChI=1S/C20H20N6O/c1-14-4-5-16(10-21-14)25-12-15-13-26(23-19(15)20(25)27)17-6-7-18(22-11-17)24-8-2-3-9-24/h4-7,10-11,13H,2-3,8-9,12H2,1H3. The van der Waals surface area contributed by atoms with Crippen molar-refractivity contribution in [3.05, 3.63) is 59.8 Å². The molecule has 0 atom stereocenters. The highest BCUT2D eigenvalue weighted by Gasteiger charge is 2.32. The Hall–Kier alpha value is -3.22. The highest BCUT2D eigenvalue weighted by Crippen LogP contribution is 2.28. The molecule has 1 fully saturated rings. The molecule has 1 amide bonds. The molecule has 136 valence electrons. The van der Waals surface area contributed by atoms with Crippen LogP contribution in [-0.2, 0) is 6.54 Å². The number of hydrogen-bond acceptors (Lipinski definition) is 5. The Labute approximate surface area is 157 Å². The highest BCUT2D eigenvalue weighted by molar-refractivity contribution is 6.08. The molecule has 5 rings (SSSR count). The Morgan fingerprint density at radius 1 is 0.963 bits per heavy atom. The van der Waals surface area contributed by atoms with Crippen LogP contribution in [0.4, 0.5) is 11.5 Å². The first-order chi connectivity index (χ1) is 13.2. The summed E-state index contributed by atoms with van der Waals surface area (Å²) < 4.78 is 1.74. The Balaban J connectivity index is 1.38. The van der Waals surface area contributed by atoms with E-state index < -0.39 is 0 Å². The fraction of sp³-hybridized carbons (Fsp3) is 0.300. The summed E-state index contributed by atoms with van der Waals surface area (Å²) in [6.45, 7) is 4.58. The number of carbonyl (C=O) groups excluding carboxylic acids is 1. The second-order valence-electron chi connectivity index (χ2n) is 7.07. The average Bonchev–Trinajstić information content (AvgIpc) is 3.41. The maximum absolute atomic E-state index is 12.8. The first kappa shape index (κ1) is 16.0.